The number of nitrogens with zero attached hydrogens (tertiary/aromatic N) is 5. The maximum atomic E-state index is 14.5. The molecule has 5 atom stereocenters. The summed E-state index contributed by atoms with van der Waals surface area (Å²) < 4.78 is 37.7. The molecule has 2 unspecified atom stereocenters. The van der Waals surface area contributed by atoms with Gasteiger partial charge in [-0.1, -0.05) is 49.6 Å². The Morgan fingerprint density at radius 1 is 0.909 bits per heavy atom. The van der Waals surface area contributed by atoms with Crippen LogP contribution in [0.5, 0.6) is 5.75 Å². The first-order valence-electron chi connectivity index (χ1n) is 23.7. The molecule has 1 aliphatic carbocycles. The van der Waals surface area contributed by atoms with Gasteiger partial charge in [-0.3, -0.25) is 9.59 Å². The van der Waals surface area contributed by atoms with Gasteiger partial charge in [-0.15, -0.1) is 4.72 Å². The Balaban J connectivity index is 1.05. The van der Waals surface area contributed by atoms with E-state index in [4.69, 9.17) is 24.2 Å². The molecule has 15 heteroatoms. The molecule has 8 rings (SSSR count). The van der Waals surface area contributed by atoms with E-state index >= 15 is 0 Å². The maximum Gasteiger partial charge on any atom is 0.407 e. The Morgan fingerprint density at radius 2 is 1.65 bits per heavy atom. The molecule has 66 heavy (non-hydrogen) atoms. The number of hydrogen-bond donors (Lipinski definition) is 2. The zero-order valence-electron chi connectivity index (χ0n) is 39.9. The fourth-order valence-electron chi connectivity index (χ4n) is 9.65. The number of rotatable bonds is 18. The molecule has 3 fully saturated rings. The highest BCUT2D eigenvalue weighted by molar-refractivity contribution is 7.90. The maximum absolute atomic E-state index is 14.5. The second-order valence-corrected chi connectivity index (χ2v) is 22.3. The predicted molar refractivity (Wildman–Crippen MR) is 257 cm³/mol. The number of esters is 1. The highest BCUT2D eigenvalue weighted by atomic mass is 32.2. The Kier molecular flexibility index (Phi) is 14.1. The third-order valence-corrected chi connectivity index (χ3v) is 14.6. The van der Waals surface area contributed by atoms with Crippen molar-refractivity contribution in [3.8, 4) is 17.3 Å². The van der Waals surface area contributed by atoms with E-state index < -0.39 is 27.8 Å². The Labute approximate surface area is 391 Å². The number of carbonyl (C=O) groups is 3. The standard InChI is InChI=1S/C51H67N7O7S/c1-50(2,3)65-43(59)19-15-10-9-11-16-26-57-41(28-34-22-24-37(52-46(34)57)44(33-20-21-33)55-66(62)51(4,5)6)47-53-39-27-35(29-42(63-8)45(39)56(47)7)48(60)58-36-23-25-40(58)38(30-36)54-49(61)64-31-32-17-13-12-14-18-32/h12-14,17-18,22,24,27-29,33,36,38,40,44,55H,9-11,15-16,19-21,23,25-26,30-31H2,1-8H3,(H,54,61)/t36-,38+,40+,44?,66?/m0/s1. The second kappa shape index (κ2) is 19.6. The van der Waals surface area contributed by atoms with Gasteiger partial charge in [0.1, 0.15) is 33.9 Å². The summed E-state index contributed by atoms with van der Waals surface area (Å²) in [5.74, 6) is 1.36. The summed E-state index contributed by atoms with van der Waals surface area (Å²) in [6.45, 7) is 12.5. The van der Waals surface area contributed by atoms with Crippen molar-refractivity contribution in [2.75, 3.05) is 7.11 Å². The molecule has 2 saturated heterocycles. The van der Waals surface area contributed by atoms with Gasteiger partial charge in [-0.25, -0.2) is 14.8 Å². The molecular formula is C51H67N7O7S. The van der Waals surface area contributed by atoms with E-state index in [1.54, 1.807) is 7.11 Å². The molecule has 0 radical (unpaired) electrons. The summed E-state index contributed by atoms with van der Waals surface area (Å²) in [7, 11) is 3.59. The van der Waals surface area contributed by atoms with Crippen LogP contribution in [0, 0.1) is 5.92 Å². The fraction of sp³-hybridized carbons (Fsp3) is 0.549. The molecule has 3 aliphatic rings. The van der Waals surface area contributed by atoms with E-state index in [0.29, 0.717) is 42.1 Å². The van der Waals surface area contributed by atoms with Gasteiger partial charge < -0.3 is 38.1 Å². The van der Waals surface area contributed by atoms with Crippen LogP contribution >= 0.6 is 0 Å². The molecule has 2 amide bonds. The third-order valence-electron chi connectivity index (χ3n) is 13.1. The Morgan fingerprint density at radius 3 is 2.36 bits per heavy atom. The van der Waals surface area contributed by atoms with Gasteiger partial charge in [0.05, 0.1) is 42.1 Å². The summed E-state index contributed by atoms with van der Waals surface area (Å²) in [4.78, 5) is 52.2. The van der Waals surface area contributed by atoms with Crippen LogP contribution in [-0.4, -0.2) is 82.1 Å². The van der Waals surface area contributed by atoms with E-state index in [2.05, 4.69) is 32.8 Å². The van der Waals surface area contributed by atoms with E-state index in [1.165, 1.54) is 0 Å². The van der Waals surface area contributed by atoms with Crippen molar-refractivity contribution >= 4 is 51.4 Å². The first-order chi connectivity index (χ1) is 31.5. The number of aromatic nitrogens is 4. The number of imidazole rings is 1. The Hall–Kier alpha value is -5.12. The van der Waals surface area contributed by atoms with E-state index in [-0.39, 0.29) is 42.7 Å². The molecule has 14 nitrogen and oxygen atoms in total. The zero-order chi connectivity index (χ0) is 46.9. The number of carbonyl (C=O) groups excluding carboxylic acids is 3. The van der Waals surface area contributed by atoms with Crippen LogP contribution in [0.25, 0.3) is 33.6 Å². The molecule has 2 bridgehead atoms. The average Bonchev–Trinajstić information content (AvgIpc) is 3.64. The van der Waals surface area contributed by atoms with Crippen molar-refractivity contribution in [3.63, 3.8) is 0 Å². The molecule has 2 N–H and O–H groups in total. The molecule has 3 aromatic heterocycles. The number of ether oxygens (including phenoxy) is 3. The smallest absolute Gasteiger partial charge is 0.407 e. The van der Waals surface area contributed by atoms with Crippen LogP contribution in [-0.2, 0) is 45.8 Å². The van der Waals surface area contributed by atoms with Gasteiger partial charge >= 0.3 is 12.1 Å². The lowest BCUT2D eigenvalue weighted by Crippen LogP contribution is -2.45. The van der Waals surface area contributed by atoms with E-state index in [1.807, 2.05) is 101 Å². The lowest BCUT2D eigenvalue weighted by Gasteiger charge is -2.27. The van der Waals surface area contributed by atoms with Gasteiger partial charge in [0, 0.05) is 48.4 Å². The average molecular weight is 922 g/mol. The summed E-state index contributed by atoms with van der Waals surface area (Å²) in [5.41, 5.74) is 4.93. The summed E-state index contributed by atoms with van der Waals surface area (Å²) in [5, 5.41) is 4.02. The third kappa shape index (κ3) is 10.7. The second-order valence-electron chi connectivity index (χ2n) is 20.3. The van der Waals surface area contributed by atoms with Gasteiger partial charge in [0.25, 0.3) is 5.91 Å². The topological polar surface area (TPSA) is 165 Å². The minimum Gasteiger partial charge on any atom is -0.598 e. The van der Waals surface area contributed by atoms with Crippen molar-refractivity contribution in [2.24, 2.45) is 13.0 Å². The summed E-state index contributed by atoms with van der Waals surface area (Å²) in [6, 6.07) is 19.1. The molecule has 0 spiro atoms. The van der Waals surface area contributed by atoms with Crippen LogP contribution < -0.4 is 14.8 Å². The van der Waals surface area contributed by atoms with Gasteiger partial charge in [-0.05, 0) is 128 Å². The number of hydrogen-bond acceptors (Lipinski definition) is 10. The van der Waals surface area contributed by atoms with Crippen molar-refractivity contribution in [1.82, 2.24) is 34.0 Å². The zero-order valence-corrected chi connectivity index (χ0v) is 40.7. The first-order valence-corrected chi connectivity index (χ1v) is 24.9. The highest BCUT2D eigenvalue weighted by Gasteiger charge is 2.49. The molecule has 5 aromatic rings. The number of fused-ring (bicyclic) bond motifs is 4. The minimum atomic E-state index is -1.26. The molecule has 1 saturated carbocycles. The number of benzene rings is 2. The molecule has 5 heterocycles. The number of pyridine rings is 1. The first kappa shape index (κ1) is 47.4. The number of nitrogens with one attached hydrogen (secondary N) is 2. The van der Waals surface area contributed by atoms with Gasteiger partial charge in [0.2, 0.25) is 0 Å². The number of alkyl carbamates (subject to hydrolysis) is 1. The highest BCUT2D eigenvalue weighted by Crippen LogP contribution is 2.43. The molecule has 2 aliphatic heterocycles. The number of amides is 2. The van der Waals surface area contributed by atoms with Crippen LogP contribution in [0.1, 0.15) is 140 Å². The fourth-order valence-corrected chi connectivity index (χ4v) is 10.6. The van der Waals surface area contributed by atoms with Crippen molar-refractivity contribution in [1.29, 1.82) is 0 Å². The van der Waals surface area contributed by atoms with Crippen molar-refractivity contribution in [2.45, 2.75) is 160 Å². The van der Waals surface area contributed by atoms with Crippen LogP contribution in [0.15, 0.2) is 60.7 Å². The molecule has 354 valence electrons. The van der Waals surface area contributed by atoms with E-state index in [0.717, 1.165) is 97.1 Å². The van der Waals surface area contributed by atoms with Crippen LogP contribution in [0.2, 0.25) is 0 Å². The summed E-state index contributed by atoms with van der Waals surface area (Å²) >= 11 is -1.26. The lowest BCUT2D eigenvalue weighted by molar-refractivity contribution is -0.154. The summed E-state index contributed by atoms with van der Waals surface area (Å²) in [6.07, 6.45) is 8.95. The monoisotopic (exact) mass is 921 g/mol. The number of unbranched alkanes of at least 4 members (excludes halogenated alkanes) is 4. The van der Waals surface area contributed by atoms with Gasteiger partial charge in [-0.2, -0.15) is 0 Å². The largest absolute Gasteiger partial charge is 0.598 e. The molecular weight excluding hydrogens is 855 g/mol. The van der Waals surface area contributed by atoms with Gasteiger partial charge in [0.15, 0.2) is 5.82 Å². The van der Waals surface area contributed by atoms with Crippen LogP contribution in [0.3, 0.4) is 0 Å². The van der Waals surface area contributed by atoms with Crippen LogP contribution in [0.4, 0.5) is 4.79 Å². The predicted octanol–water partition coefficient (Wildman–Crippen LogP) is 9.46. The quantitative estimate of drug-likeness (QED) is 0.0492. The normalized spacial score (nSPS) is 19.3. The number of aryl methyl sites for hydroxylation is 2. The van der Waals surface area contributed by atoms with Crippen molar-refractivity contribution in [3.05, 3.63) is 77.5 Å². The number of methoxy groups -OCH3 is 1. The Bertz CT molecular complexity index is 2540. The van der Waals surface area contributed by atoms with E-state index in [9.17, 15) is 18.9 Å². The molecule has 2 aromatic carbocycles. The SMILES string of the molecule is COc1cc(C(=O)N2[C@H]3CC[C@@H]2[C@H](NC(=O)OCc2ccccc2)C3)cc2nc(-c3cc4ccc(C(N[S+]([O-])C(C)(C)C)C5CC5)nc4n3CCCCCCCC(=O)OC(C)(C)C)n(C)c12. The van der Waals surface area contributed by atoms with Crippen molar-refractivity contribution < 1.29 is 33.1 Å². The minimum absolute atomic E-state index is 0.00384. The lowest BCUT2D eigenvalue weighted by atomic mass is 9.96.